The molecule has 0 aliphatic heterocycles. The zero-order valence-electron chi connectivity index (χ0n) is 56.7. The highest BCUT2D eigenvalue weighted by molar-refractivity contribution is 5.68. The van der Waals surface area contributed by atoms with Gasteiger partial charge in [-0.25, -0.2) is 0 Å². The van der Waals surface area contributed by atoms with Crippen LogP contribution in [0.5, 0.6) is 0 Å². The predicted octanol–water partition coefficient (Wildman–Crippen LogP) is 26.9. The minimum absolute atomic E-state index is 0.572. The highest BCUT2D eigenvalue weighted by Crippen LogP contribution is 2.46. The first-order valence-electron chi connectivity index (χ1n) is 39.1. The molecular formula is C79H153O3-. The fourth-order valence-corrected chi connectivity index (χ4v) is 13.8. The molecule has 1 fully saturated rings. The van der Waals surface area contributed by atoms with E-state index in [0.29, 0.717) is 12.8 Å². The van der Waals surface area contributed by atoms with E-state index < -0.39 is 18.0 Å². The van der Waals surface area contributed by atoms with E-state index in [9.17, 15) is 15.0 Å². The van der Waals surface area contributed by atoms with Crippen molar-refractivity contribution in [3.63, 3.8) is 0 Å². The molecule has 0 aromatic heterocycles. The van der Waals surface area contributed by atoms with Crippen LogP contribution in [0, 0.1) is 17.8 Å². The molecule has 3 heteroatoms. The van der Waals surface area contributed by atoms with Crippen LogP contribution in [-0.2, 0) is 4.79 Å². The largest absolute Gasteiger partial charge is 0.550 e. The minimum atomic E-state index is -1.05. The Morgan fingerprint density at radius 3 is 0.732 bits per heavy atom. The second kappa shape index (κ2) is 67.7. The van der Waals surface area contributed by atoms with Crippen molar-refractivity contribution in [2.75, 3.05) is 0 Å². The number of allylic oxidation sites excluding steroid dienone is 2. The number of carbonyl (C=O) groups is 1. The third-order valence-electron chi connectivity index (χ3n) is 19.9. The summed E-state index contributed by atoms with van der Waals surface area (Å²) in [5, 5.41) is 22.5. The molecule has 0 heterocycles. The van der Waals surface area contributed by atoms with Crippen LogP contribution in [0.25, 0.3) is 0 Å². The summed E-state index contributed by atoms with van der Waals surface area (Å²) in [6, 6.07) is 0. The molecule has 488 valence electrons. The predicted molar refractivity (Wildman–Crippen MR) is 365 cm³/mol. The van der Waals surface area contributed by atoms with E-state index in [4.69, 9.17) is 0 Å². The van der Waals surface area contributed by atoms with E-state index in [-0.39, 0.29) is 0 Å². The van der Waals surface area contributed by atoms with Crippen LogP contribution in [0.15, 0.2) is 12.2 Å². The van der Waals surface area contributed by atoms with Crippen molar-refractivity contribution in [1.29, 1.82) is 0 Å². The van der Waals surface area contributed by atoms with Crippen molar-refractivity contribution in [2.45, 2.75) is 469 Å². The molecule has 0 aromatic rings. The normalized spacial score (nSPS) is 15.1. The monoisotopic (exact) mass is 1150 g/mol. The van der Waals surface area contributed by atoms with Crippen LogP contribution in [0.4, 0.5) is 0 Å². The molecule has 0 amide bonds. The number of aliphatic carboxylic acids is 1. The smallest absolute Gasteiger partial charge is 0.0620 e. The Morgan fingerprint density at radius 1 is 0.305 bits per heavy atom. The fourth-order valence-electron chi connectivity index (χ4n) is 13.8. The van der Waals surface area contributed by atoms with E-state index in [1.807, 2.05) is 0 Å². The molecule has 1 rings (SSSR count). The van der Waals surface area contributed by atoms with Crippen LogP contribution in [0.2, 0.25) is 0 Å². The lowest BCUT2D eigenvalue weighted by molar-refractivity contribution is -0.314. The summed E-state index contributed by atoms with van der Waals surface area (Å²) in [6.45, 7) is 4.61. The van der Waals surface area contributed by atoms with Crippen molar-refractivity contribution in [3.8, 4) is 0 Å². The summed E-state index contributed by atoms with van der Waals surface area (Å²) in [6.07, 6.45) is 101. The van der Waals surface area contributed by atoms with Gasteiger partial charge in [-0.2, -0.15) is 0 Å². The lowest BCUT2D eigenvalue weighted by Crippen LogP contribution is -2.38. The zero-order chi connectivity index (χ0) is 58.8. The summed E-state index contributed by atoms with van der Waals surface area (Å²) < 4.78 is 0. The Kier molecular flexibility index (Phi) is 65.3. The van der Waals surface area contributed by atoms with Crippen LogP contribution in [-0.4, -0.2) is 17.2 Å². The van der Waals surface area contributed by atoms with E-state index in [2.05, 4.69) is 26.0 Å². The molecule has 0 spiro atoms. The standard InChI is InChI=1S/C79H154O3/c1-3-5-7-9-11-13-15-17-19-21-23-25-27-28-29-30-31-32-33-34-35-36-37-38-39-41-43-45-47-50-54-58-62-66-70-75-74-76(75)71-67-63-59-55-51-49-53-57-61-65-69-73-78(80)77(79(81)82)72-68-64-60-56-52-48-46-44-42-40-26-24-22-20-18-16-14-12-10-8-6-4-2/h34-35,75-78,80H,3-33,36-74H2,1-2H3,(H,81,82)/p-1/b35-34-/t75?,76?,77-,78-/m1/s1. The number of hydrogen-bond acceptors (Lipinski definition) is 3. The molecule has 4 atom stereocenters. The van der Waals surface area contributed by atoms with Crippen LogP contribution < -0.4 is 5.11 Å². The Morgan fingerprint density at radius 2 is 0.500 bits per heavy atom. The molecule has 2 unspecified atom stereocenters. The van der Waals surface area contributed by atoms with Gasteiger partial charge in [0.1, 0.15) is 0 Å². The van der Waals surface area contributed by atoms with Gasteiger partial charge in [-0.3, -0.25) is 0 Å². The summed E-state index contributed by atoms with van der Waals surface area (Å²) in [7, 11) is 0. The first-order chi connectivity index (χ1) is 40.6. The average molecular weight is 1150 g/mol. The van der Waals surface area contributed by atoms with Gasteiger partial charge in [0, 0.05) is 11.9 Å². The van der Waals surface area contributed by atoms with Gasteiger partial charge >= 0.3 is 0 Å². The van der Waals surface area contributed by atoms with E-state index in [1.54, 1.807) is 0 Å². The molecule has 1 aliphatic carbocycles. The molecular weight excluding hydrogens is 997 g/mol. The van der Waals surface area contributed by atoms with Crippen molar-refractivity contribution in [3.05, 3.63) is 12.2 Å². The minimum Gasteiger partial charge on any atom is -0.550 e. The van der Waals surface area contributed by atoms with Gasteiger partial charge in [0.05, 0.1) is 6.10 Å². The van der Waals surface area contributed by atoms with Gasteiger partial charge in [0.2, 0.25) is 0 Å². The van der Waals surface area contributed by atoms with E-state index >= 15 is 0 Å². The average Bonchev–Trinajstić information content (AvgIpc) is 4.41. The Hall–Kier alpha value is -0.830. The van der Waals surface area contributed by atoms with Crippen molar-refractivity contribution < 1.29 is 15.0 Å². The van der Waals surface area contributed by atoms with Gasteiger partial charge in [0.15, 0.2) is 0 Å². The number of unbranched alkanes of at least 4 members (excludes halogenated alkanes) is 61. The lowest BCUT2D eigenvalue weighted by atomic mass is 9.91. The maximum absolute atomic E-state index is 11.9. The fraction of sp³-hybridized carbons (Fsp3) is 0.962. The number of carbonyl (C=O) groups excluding carboxylic acids is 1. The number of carboxylic acids is 1. The number of aliphatic hydroxyl groups is 1. The van der Waals surface area contributed by atoms with Crippen LogP contribution in [0.3, 0.4) is 0 Å². The first-order valence-corrected chi connectivity index (χ1v) is 39.1. The summed E-state index contributed by atoms with van der Waals surface area (Å²) >= 11 is 0. The topological polar surface area (TPSA) is 60.4 Å². The second-order valence-electron chi connectivity index (χ2n) is 28.0. The Bertz CT molecular complexity index is 1230. The Labute approximate surface area is 517 Å². The van der Waals surface area contributed by atoms with E-state index in [0.717, 1.165) is 37.5 Å². The van der Waals surface area contributed by atoms with Crippen LogP contribution in [0.1, 0.15) is 463 Å². The van der Waals surface area contributed by atoms with Gasteiger partial charge in [-0.05, 0) is 56.8 Å². The maximum atomic E-state index is 11.9. The molecule has 1 N–H and O–H groups in total. The summed E-state index contributed by atoms with van der Waals surface area (Å²) in [5.74, 6) is 0.405. The first kappa shape index (κ1) is 79.2. The van der Waals surface area contributed by atoms with Crippen molar-refractivity contribution >= 4 is 5.97 Å². The molecule has 82 heavy (non-hydrogen) atoms. The molecule has 1 saturated carbocycles. The molecule has 0 saturated heterocycles. The van der Waals surface area contributed by atoms with E-state index in [1.165, 1.54) is 411 Å². The van der Waals surface area contributed by atoms with Gasteiger partial charge in [-0.1, -0.05) is 431 Å². The van der Waals surface area contributed by atoms with Crippen molar-refractivity contribution in [1.82, 2.24) is 0 Å². The maximum Gasteiger partial charge on any atom is 0.0620 e. The number of aliphatic hydroxyl groups excluding tert-OH is 1. The lowest BCUT2D eigenvalue weighted by Gasteiger charge is -2.24. The molecule has 0 aromatic carbocycles. The summed E-state index contributed by atoms with van der Waals surface area (Å²) in [4.78, 5) is 11.9. The zero-order valence-corrected chi connectivity index (χ0v) is 56.7. The molecule has 0 bridgehead atoms. The molecule has 1 aliphatic rings. The Balaban J connectivity index is 1.73. The molecule has 3 nitrogen and oxygen atoms in total. The number of rotatable bonds is 73. The van der Waals surface area contributed by atoms with Crippen molar-refractivity contribution in [2.24, 2.45) is 17.8 Å². The summed E-state index contributed by atoms with van der Waals surface area (Å²) in [5.41, 5.74) is 0. The van der Waals surface area contributed by atoms with Gasteiger partial charge in [-0.15, -0.1) is 0 Å². The highest BCUT2D eigenvalue weighted by atomic mass is 16.4. The number of hydrogen-bond donors (Lipinski definition) is 1. The molecule has 0 radical (unpaired) electrons. The SMILES string of the molecule is CCCCCCCCCCCCCCCCCCCC/C=C\CCCCCCCCCCCCCCC1CC1CCCCCCCCCCCCC[C@@H](O)[C@@H](CCCCCCCCCCCCCCCCCCCCCCCC)C(=O)[O-]. The quantitative estimate of drug-likeness (QED) is 0.0488. The second-order valence-corrected chi connectivity index (χ2v) is 28.0. The van der Waals surface area contributed by atoms with Crippen LogP contribution >= 0.6 is 0 Å². The highest BCUT2D eigenvalue weighted by Gasteiger charge is 2.35. The third kappa shape index (κ3) is 60.8. The van der Waals surface area contributed by atoms with Gasteiger partial charge in [0.25, 0.3) is 0 Å². The number of carboxylic acid groups (broad SMARTS) is 1. The van der Waals surface area contributed by atoms with Gasteiger partial charge < -0.3 is 15.0 Å². The third-order valence-corrected chi connectivity index (χ3v) is 19.9.